The largest absolute Gasteiger partial charge is 0.321 e. The van der Waals surface area contributed by atoms with E-state index < -0.39 is 0 Å². The van der Waals surface area contributed by atoms with Crippen molar-refractivity contribution in [3.63, 3.8) is 0 Å². The Labute approximate surface area is 164 Å². The van der Waals surface area contributed by atoms with Crippen LogP contribution in [0.1, 0.15) is 34.2 Å². The first-order chi connectivity index (χ1) is 13.0. The Morgan fingerprint density at radius 1 is 1.26 bits per heavy atom. The Balaban J connectivity index is 1.94. The molecule has 3 aromatic rings. The average Bonchev–Trinajstić information content (AvgIpc) is 3.04. The van der Waals surface area contributed by atoms with Gasteiger partial charge in [0.15, 0.2) is 10.9 Å². The van der Waals surface area contributed by atoms with Crippen molar-refractivity contribution < 1.29 is 4.79 Å². The lowest BCUT2D eigenvalue weighted by Gasteiger charge is -2.09. The van der Waals surface area contributed by atoms with Crippen LogP contribution in [0.2, 0.25) is 0 Å². The zero-order valence-electron chi connectivity index (χ0n) is 15.2. The van der Waals surface area contributed by atoms with E-state index in [1.807, 2.05) is 20.8 Å². The summed E-state index contributed by atoms with van der Waals surface area (Å²) in [5.41, 5.74) is 1.55. The molecule has 0 atom stereocenters. The molecular weight excluding hydrogens is 382 g/mol. The highest BCUT2D eigenvalue weighted by Gasteiger charge is 2.18. The summed E-state index contributed by atoms with van der Waals surface area (Å²) in [7, 11) is 0. The second-order valence-electron chi connectivity index (χ2n) is 5.62. The molecule has 2 aromatic heterocycles. The van der Waals surface area contributed by atoms with Crippen LogP contribution in [0.15, 0.2) is 34.2 Å². The van der Waals surface area contributed by atoms with E-state index >= 15 is 0 Å². The van der Waals surface area contributed by atoms with Gasteiger partial charge in [-0.15, -0.1) is 21.5 Å². The number of carbonyl (C=O) groups excluding carboxylic acids is 1. The lowest BCUT2D eigenvalue weighted by molar-refractivity contribution is 0.103. The fraction of sp³-hybridized carbons (Fsp3) is 0.278. The van der Waals surface area contributed by atoms with Crippen molar-refractivity contribution in [2.24, 2.45) is 0 Å². The maximum atomic E-state index is 12.7. The third kappa shape index (κ3) is 4.25. The number of anilines is 1. The van der Waals surface area contributed by atoms with Crippen LogP contribution in [0, 0.1) is 6.92 Å². The van der Waals surface area contributed by atoms with Crippen LogP contribution in [0.5, 0.6) is 0 Å². The normalized spacial score (nSPS) is 10.8. The number of rotatable bonds is 6. The molecule has 7 nitrogen and oxygen atoms in total. The summed E-state index contributed by atoms with van der Waals surface area (Å²) in [6.07, 6.45) is 0.780. The SMILES string of the molecule is CCSc1nnc(-c2ccccc2NC(=O)c2sc(CC)nc2C)c(=O)[nH]1. The molecule has 27 heavy (non-hydrogen) atoms. The van der Waals surface area contributed by atoms with Gasteiger partial charge in [-0.05, 0) is 25.2 Å². The highest BCUT2D eigenvalue weighted by Crippen LogP contribution is 2.26. The molecule has 3 rings (SSSR count). The van der Waals surface area contributed by atoms with Crippen LogP contribution in [0.25, 0.3) is 11.3 Å². The molecule has 0 aliphatic carbocycles. The van der Waals surface area contributed by atoms with Crippen LogP contribution in [-0.4, -0.2) is 31.8 Å². The second-order valence-corrected chi connectivity index (χ2v) is 7.95. The molecule has 0 saturated heterocycles. The van der Waals surface area contributed by atoms with Gasteiger partial charge in [0.1, 0.15) is 4.88 Å². The third-order valence-electron chi connectivity index (χ3n) is 3.74. The van der Waals surface area contributed by atoms with Crippen LogP contribution in [0.4, 0.5) is 5.69 Å². The molecule has 0 fully saturated rings. The Morgan fingerprint density at radius 2 is 2.04 bits per heavy atom. The van der Waals surface area contributed by atoms with Gasteiger partial charge in [0.2, 0.25) is 0 Å². The van der Waals surface area contributed by atoms with E-state index in [0.29, 0.717) is 27.0 Å². The van der Waals surface area contributed by atoms with Crippen molar-refractivity contribution in [3.8, 4) is 11.3 Å². The highest BCUT2D eigenvalue weighted by molar-refractivity contribution is 7.99. The van der Waals surface area contributed by atoms with Gasteiger partial charge in [-0.2, -0.15) is 0 Å². The van der Waals surface area contributed by atoms with Crippen molar-refractivity contribution in [3.05, 3.63) is 50.2 Å². The zero-order chi connectivity index (χ0) is 19.4. The Bertz CT molecular complexity index is 1030. The van der Waals surface area contributed by atoms with Crippen molar-refractivity contribution >= 4 is 34.7 Å². The van der Waals surface area contributed by atoms with E-state index in [1.54, 1.807) is 24.3 Å². The van der Waals surface area contributed by atoms with Gasteiger partial charge in [0, 0.05) is 5.56 Å². The predicted molar refractivity (Wildman–Crippen MR) is 109 cm³/mol. The minimum Gasteiger partial charge on any atom is -0.321 e. The lowest BCUT2D eigenvalue weighted by Crippen LogP contribution is -2.17. The fourth-order valence-corrected chi connectivity index (χ4v) is 3.93. The van der Waals surface area contributed by atoms with Crippen LogP contribution < -0.4 is 10.9 Å². The molecule has 0 aliphatic rings. The van der Waals surface area contributed by atoms with Crippen LogP contribution in [0.3, 0.4) is 0 Å². The summed E-state index contributed by atoms with van der Waals surface area (Å²) < 4.78 is 0. The number of hydrogen-bond acceptors (Lipinski definition) is 7. The standard InChI is InChI=1S/C18H19N5O2S2/c1-4-13-19-10(3)15(27-13)17(25)20-12-9-7-6-8-11(12)14-16(24)21-18(23-22-14)26-5-2/h6-9H,4-5H2,1-3H3,(H,20,25)(H,21,23,24). The molecule has 0 aliphatic heterocycles. The number of H-pyrrole nitrogens is 1. The number of aryl methyl sites for hydroxylation is 2. The van der Waals surface area contributed by atoms with E-state index in [-0.39, 0.29) is 17.2 Å². The first-order valence-electron chi connectivity index (χ1n) is 8.50. The minimum absolute atomic E-state index is 0.168. The number of benzene rings is 1. The number of nitrogens with one attached hydrogen (secondary N) is 2. The average molecular weight is 402 g/mol. The molecule has 2 heterocycles. The Morgan fingerprint density at radius 3 is 2.70 bits per heavy atom. The third-order valence-corrected chi connectivity index (χ3v) is 5.78. The van der Waals surface area contributed by atoms with E-state index in [2.05, 4.69) is 25.5 Å². The summed E-state index contributed by atoms with van der Waals surface area (Å²) in [4.78, 5) is 32.8. The van der Waals surface area contributed by atoms with Gasteiger partial charge in [-0.1, -0.05) is 43.8 Å². The summed E-state index contributed by atoms with van der Waals surface area (Å²) in [6.45, 7) is 5.78. The number of thioether (sulfide) groups is 1. The molecule has 9 heteroatoms. The molecule has 2 N–H and O–H groups in total. The zero-order valence-corrected chi connectivity index (χ0v) is 16.8. The van der Waals surface area contributed by atoms with Gasteiger partial charge in [-0.3, -0.25) is 14.6 Å². The van der Waals surface area contributed by atoms with E-state index in [0.717, 1.165) is 17.2 Å². The molecule has 140 valence electrons. The van der Waals surface area contributed by atoms with Crippen molar-refractivity contribution in [1.29, 1.82) is 0 Å². The predicted octanol–water partition coefficient (Wildman–Crippen LogP) is 3.52. The maximum Gasteiger partial charge on any atom is 0.278 e. The molecule has 0 radical (unpaired) electrons. The number of para-hydroxylation sites is 1. The van der Waals surface area contributed by atoms with Gasteiger partial charge in [0.25, 0.3) is 11.5 Å². The van der Waals surface area contributed by atoms with Crippen molar-refractivity contribution in [2.45, 2.75) is 32.3 Å². The van der Waals surface area contributed by atoms with E-state index in [4.69, 9.17) is 0 Å². The molecule has 0 saturated carbocycles. The topological polar surface area (TPSA) is 101 Å². The minimum atomic E-state index is -0.343. The molecule has 0 spiro atoms. The summed E-state index contributed by atoms with van der Waals surface area (Å²) >= 11 is 2.78. The van der Waals surface area contributed by atoms with E-state index in [9.17, 15) is 9.59 Å². The van der Waals surface area contributed by atoms with Crippen LogP contribution in [-0.2, 0) is 6.42 Å². The number of carbonyl (C=O) groups is 1. The van der Waals surface area contributed by atoms with Crippen LogP contribution >= 0.6 is 23.1 Å². The van der Waals surface area contributed by atoms with Gasteiger partial charge in [-0.25, -0.2) is 4.98 Å². The molecule has 1 amide bonds. The molecule has 0 bridgehead atoms. The quantitative estimate of drug-likeness (QED) is 0.613. The van der Waals surface area contributed by atoms with E-state index in [1.165, 1.54) is 23.1 Å². The van der Waals surface area contributed by atoms with Crippen molar-refractivity contribution in [2.75, 3.05) is 11.1 Å². The number of aromatic nitrogens is 4. The number of thiazole rings is 1. The van der Waals surface area contributed by atoms with Gasteiger partial charge < -0.3 is 5.32 Å². The summed E-state index contributed by atoms with van der Waals surface area (Å²) in [5, 5.41) is 12.4. The molecule has 0 unspecified atom stereocenters. The van der Waals surface area contributed by atoms with Gasteiger partial charge >= 0.3 is 0 Å². The number of aromatic amines is 1. The first kappa shape index (κ1) is 19.2. The fourth-order valence-electron chi connectivity index (χ4n) is 2.49. The Kier molecular flexibility index (Phi) is 6.02. The second kappa shape index (κ2) is 8.45. The molecule has 1 aromatic carbocycles. The van der Waals surface area contributed by atoms with Crippen molar-refractivity contribution in [1.82, 2.24) is 20.2 Å². The number of hydrogen-bond donors (Lipinski definition) is 2. The summed E-state index contributed by atoms with van der Waals surface area (Å²) in [5.74, 6) is 0.532. The number of nitrogens with zero attached hydrogens (tertiary/aromatic N) is 3. The van der Waals surface area contributed by atoms with Gasteiger partial charge in [0.05, 0.1) is 16.4 Å². The molecular formula is C18H19N5O2S2. The number of amides is 1. The lowest BCUT2D eigenvalue weighted by atomic mass is 10.1. The maximum absolute atomic E-state index is 12.7. The highest BCUT2D eigenvalue weighted by atomic mass is 32.2. The summed E-state index contributed by atoms with van der Waals surface area (Å²) in [6, 6.07) is 7.05. The monoisotopic (exact) mass is 401 g/mol. The Hall–Kier alpha value is -2.52. The smallest absolute Gasteiger partial charge is 0.278 e. The first-order valence-corrected chi connectivity index (χ1v) is 10.3.